The molecule has 0 saturated heterocycles. The lowest BCUT2D eigenvalue weighted by Crippen LogP contribution is -2.36. The second-order valence-corrected chi connectivity index (χ2v) is 8.42. The lowest BCUT2D eigenvalue weighted by molar-refractivity contribution is -0.121. The van der Waals surface area contributed by atoms with E-state index in [4.69, 9.17) is 27.9 Å². The van der Waals surface area contributed by atoms with E-state index in [0.717, 1.165) is 4.31 Å². The van der Waals surface area contributed by atoms with E-state index in [9.17, 15) is 18.3 Å². The first-order valence-electron chi connectivity index (χ1n) is 7.75. The number of carbonyl (C=O) groups excluding carboxylic acids is 1. The van der Waals surface area contributed by atoms with Crippen LogP contribution < -0.4 is 10.2 Å². The zero-order valence-electron chi connectivity index (χ0n) is 14.9. The number of phenolic OH excluding ortho intramolecular Hbond substituents is 1. The fourth-order valence-electron chi connectivity index (χ4n) is 2.12. The molecule has 0 saturated carbocycles. The van der Waals surface area contributed by atoms with E-state index in [1.165, 1.54) is 50.7 Å². The summed E-state index contributed by atoms with van der Waals surface area (Å²) in [5, 5.41) is 13.5. The van der Waals surface area contributed by atoms with Gasteiger partial charge in [-0.15, -0.1) is 0 Å². The van der Waals surface area contributed by atoms with Crippen molar-refractivity contribution in [1.29, 1.82) is 0 Å². The number of carbonyl (C=O) groups is 1. The van der Waals surface area contributed by atoms with Gasteiger partial charge in [0.1, 0.15) is 4.90 Å². The molecule has 0 spiro atoms. The summed E-state index contributed by atoms with van der Waals surface area (Å²) in [4.78, 5) is 11.8. The van der Waals surface area contributed by atoms with Gasteiger partial charge in [-0.05, 0) is 42.0 Å². The van der Waals surface area contributed by atoms with Crippen LogP contribution in [0.15, 0.2) is 46.4 Å². The number of hydrazone groups is 1. The molecular formula is C17H17Cl2N3O5S. The molecule has 0 heterocycles. The Balaban J connectivity index is 2.03. The first-order valence-corrected chi connectivity index (χ1v) is 9.95. The van der Waals surface area contributed by atoms with Crippen LogP contribution in [0.4, 0.5) is 0 Å². The molecule has 0 radical (unpaired) electrons. The molecule has 0 unspecified atom stereocenters. The number of nitrogens with zero attached hydrogens (tertiary/aromatic N) is 2. The van der Waals surface area contributed by atoms with Gasteiger partial charge in [-0.3, -0.25) is 4.79 Å². The number of methoxy groups -OCH3 is 1. The van der Waals surface area contributed by atoms with Crippen LogP contribution in [0.2, 0.25) is 10.0 Å². The SMILES string of the molecule is COc1cc(/C=N\NC(=O)CN(C)S(=O)(=O)c2cc(Cl)ccc2Cl)ccc1O. The van der Waals surface area contributed by atoms with Gasteiger partial charge in [0.2, 0.25) is 10.0 Å². The van der Waals surface area contributed by atoms with Crippen LogP contribution in [0.1, 0.15) is 5.56 Å². The maximum Gasteiger partial charge on any atom is 0.255 e. The fourth-order valence-corrected chi connectivity index (χ4v) is 3.98. The van der Waals surface area contributed by atoms with Gasteiger partial charge in [0.25, 0.3) is 5.91 Å². The van der Waals surface area contributed by atoms with Crippen LogP contribution in [0.5, 0.6) is 11.5 Å². The van der Waals surface area contributed by atoms with Crippen LogP contribution >= 0.6 is 23.2 Å². The summed E-state index contributed by atoms with van der Waals surface area (Å²) in [5.74, 6) is -0.444. The molecular weight excluding hydrogens is 429 g/mol. The normalized spacial score (nSPS) is 11.8. The minimum absolute atomic E-state index is 0.00374. The molecule has 2 aromatic carbocycles. The van der Waals surface area contributed by atoms with Crippen molar-refractivity contribution in [2.75, 3.05) is 20.7 Å². The Kier molecular flexibility index (Phi) is 7.25. The maximum absolute atomic E-state index is 12.6. The Hall–Kier alpha value is -2.33. The molecule has 0 bridgehead atoms. The van der Waals surface area contributed by atoms with E-state index in [2.05, 4.69) is 10.5 Å². The van der Waals surface area contributed by atoms with Gasteiger partial charge in [0.05, 0.1) is 24.9 Å². The molecule has 0 aromatic heterocycles. The van der Waals surface area contributed by atoms with Gasteiger partial charge >= 0.3 is 0 Å². The van der Waals surface area contributed by atoms with Crippen LogP contribution in [-0.2, 0) is 14.8 Å². The lowest BCUT2D eigenvalue weighted by Gasteiger charge is -2.17. The van der Waals surface area contributed by atoms with Crippen molar-refractivity contribution < 1.29 is 23.1 Å². The number of benzene rings is 2. The number of ether oxygens (including phenoxy) is 1. The number of halogens is 2. The molecule has 11 heteroatoms. The number of amides is 1. The molecule has 150 valence electrons. The molecule has 8 nitrogen and oxygen atoms in total. The predicted octanol–water partition coefficient (Wildman–Crippen LogP) is 2.48. The summed E-state index contributed by atoms with van der Waals surface area (Å²) < 4.78 is 30.9. The number of rotatable bonds is 7. The zero-order chi connectivity index (χ0) is 20.9. The Morgan fingerprint density at radius 3 is 2.68 bits per heavy atom. The van der Waals surface area contributed by atoms with E-state index in [1.54, 1.807) is 6.07 Å². The smallest absolute Gasteiger partial charge is 0.255 e. The zero-order valence-corrected chi connectivity index (χ0v) is 17.2. The quantitative estimate of drug-likeness (QED) is 0.502. The second-order valence-electron chi connectivity index (χ2n) is 5.56. The number of sulfonamides is 1. The number of hydrogen-bond donors (Lipinski definition) is 2. The summed E-state index contributed by atoms with van der Waals surface area (Å²) in [6.45, 7) is -0.485. The Morgan fingerprint density at radius 2 is 2.00 bits per heavy atom. The summed E-state index contributed by atoms with van der Waals surface area (Å²) >= 11 is 11.8. The van der Waals surface area contributed by atoms with Crippen molar-refractivity contribution in [2.24, 2.45) is 5.10 Å². The number of nitrogens with one attached hydrogen (secondary N) is 1. The topological polar surface area (TPSA) is 108 Å². The first kappa shape index (κ1) is 22.0. The molecule has 2 aromatic rings. The van der Waals surface area contributed by atoms with E-state index >= 15 is 0 Å². The highest BCUT2D eigenvalue weighted by Crippen LogP contribution is 2.27. The van der Waals surface area contributed by atoms with Gasteiger partial charge < -0.3 is 9.84 Å². The Bertz CT molecular complexity index is 1010. The van der Waals surface area contributed by atoms with Gasteiger partial charge in [-0.25, -0.2) is 13.8 Å². The van der Waals surface area contributed by atoms with Gasteiger partial charge in [0, 0.05) is 12.1 Å². The fraction of sp³-hybridized carbons (Fsp3) is 0.176. The van der Waals surface area contributed by atoms with Crippen molar-refractivity contribution in [3.8, 4) is 11.5 Å². The average Bonchev–Trinajstić information content (AvgIpc) is 2.64. The van der Waals surface area contributed by atoms with E-state index < -0.39 is 22.5 Å². The van der Waals surface area contributed by atoms with Crippen molar-refractivity contribution in [3.63, 3.8) is 0 Å². The highest BCUT2D eigenvalue weighted by Gasteiger charge is 2.25. The molecule has 0 aliphatic carbocycles. The van der Waals surface area contributed by atoms with Crippen LogP contribution in [0.25, 0.3) is 0 Å². The molecule has 0 aliphatic heterocycles. The predicted molar refractivity (Wildman–Crippen MR) is 107 cm³/mol. The Morgan fingerprint density at radius 1 is 1.29 bits per heavy atom. The highest BCUT2D eigenvalue weighted by molar-refractivity contribution is 7.89. The standard InChI is InChI=1S/C17H17Cl2N3O5S/c1-22(28(25,26)16-8-12(18)4-5-13(16)19)10-17(24)21-20-9-11-3-6-14(23)15(7-11)27-2/h3-9,23H,10H2,1-2H3,(H,21,24)/b20-9-. The maximum atomic E-state index is 12.6. The minimum Gasteiger partial charge on any atom is -0.504 e. The first-order chi connectivity index (χ1) is 13.1. The summed E-state index contributed by atoms with van der Waals surface area (Å²) in [7, 11) is -1.38. The third-order valence-electron chi connectivity index (χ3n) is 3.55. The molecule has 0 atom stereocenters. The summed E-state index contributed by atoms with van der Waals surface area (Å²) in [6, 6.07) is 8.53. The lowest BCUT2D eigenvalue weighted by atomic mass is 10.2. The molecule has 0 aliphatic rings. The number of phenols is 1. The number of hydrogen-bond acceptors (Lipinski definition) is 6. The highest BCUT2D eigenvalue weighted by atomic mass is 35.5. The third kappa shape index (κ3) is 5.35. The van der Waals surface area contributed by atoms with Crippen molar-refractivity contribution >= 4 is 45.3 Å². The molecule has 0 fully saturated rings. The van der Waals surface area contributed by atoms with Gasteiger partial charge in [-0.2, -0.15) is 9.41 Å². The summed E-state index contributed by atoms with van der Waals surface area (Å²) in [5.41, 5.74) is 2.78. The molecule has 1 amide bonds. The van der Waals surface area contributed by atoms with Crippen molar-refractivity contribution in [2.45, 2.75) is 4.90 Å². The van der Waals surface area contributed by atoms with E-state index in [0.29, 0.717) is 5.56 Å². The third-order valence-corrected chi connectivity index (χ3v) is 6.07. The second kappa shape index (κ2) is 9.24. The number of aromatic hydroxyl groups is 1. The van der Waals surface area contributed by atoms with Gasteiger partial charge in [0.15, 0.2) is 11.5 Å². The largest absolute Gasteiger partial charge is 0.504 e. The van der Waals surface area contributed by atoms with Crippen molar-refractivity contribution in [3.05, 3.63) is 52.0 Å². The summed E-state index contributed by atoms with van der Waals surface area (Å²) in [6.07, 6.45) is 1.32. The molecule has 2 rings (SSSR count). The monoisotopic (exact) mass is 445 g/mol. The van der Waals surface area contributed by atoms with Crippen LogP contribution in [0.3, 0.4) is 0 Å². The number of likely N-dealkylation sites (N-methyl/N-ethyl adjacent to an activating group) is 1. The van der Waals surface area contributed by atoms with E-state index in [1.807, 2.05) is 0 Å². The Labute approximate surface area is 172 Å². The molecule has 28 heavy (non-hydrogen) atoms. The van der Waals surface area contributed by atoms with Gasteiger partial charge in [-0.1, -0.05) is 23.2 Å². The van der Waals surface area contributed by atoms with Crippen molar-refractivity contribution in [1.82, 2.24) is 9.73 Å². The van der Waals surface area contributed by atoms with Crippen LogP contribution in [-0.4, -0.2) is 50.7 Å². The van der Waals surface area contributed by atoms with Crippen LogP contribution in [0, 0.1) is 0 Å². The van der Waals surface area contributed by atoms with E-state index in [-0.39, 0.29) is 26.4 Å². The molecule has 2 N–H and O–H groups in total. The minimum atomic E-state index is -4.02. The average molecular weight is 446 g/mol.